The third-order valence-corrected chi connectivity index (χ3v) is 2.66. The highest BCUT2D eigenvalue weighted by Gasteiger charge is 2.02. The van der Waals surface area contributed by atoms with Crippen LogP contribution in [0, 0.1) is 0 Å². The quantitative estimate of drug-likeness (QED) is 0.755. The summed E-state index contributed by atoms with van der Waals surface area (Å²) in [5.41, 5.74) is 0. The van der Waals surface area contributed by atoms with Crippen LogP contribution in [0.2, 0.25) is 5.15 Å². The lowest BCUT2D eigenvalue weighted by atomic mass is 10.3. The van der Waals surface area contributed by atoms with E-state index in [1.54, 1.807) is 0 Å². The number of halogens is 1. The molecular weight excluding hydrogens is 234 g/mol. The van der Waals surface area contributed by atoms with Crippen molar-refractivity contribution < 1.29 is 4.74 Å². The highest BCUT2D eigenvalue weighted by Crippen LogP contribution is 2.17. The van der Waals surface area contributed by atoms with Crippen LogP contribution < -0.4 is 5.32 Å². The van der Waals surface area contributed by atoms with Gasteiger partial charge >= 0.3 is 0 Å². The van der Waals surface area contributed by atoms with Gasteiger partial charge < -0.3 is 10.1 Å². The molecule has 0 unspecified atom stereocenters. The zero-order valence-electron chi connectivity index (χ0n) is 8.99. The van der Waals surface area contributed by atoms with Crippen LogP contribution in [-0.4, -0.2) is 28.0 Å². The zero-order chi connectivity index (χ0) is 11.1. The number of anilines is 1. The largest absolute Gasteiger partial charge is 0.379 e. The summed E-state index contributed by atoms with van der Waals surface area (Å²) in [6, 6.07) is 0. The minimum absolute atomic E-state index is 0.315. The smallest absolute Gasteiger partial charge is 0.186 e. The monoisotopic (exact) mass is 249 g/mol. The van der Waals surface area contributed by atoms with Gasteiger partial charge in [0.1, 0.15) is 0 Å². The lowest BCUT2D eigenvalue weighted by Gasteiger charge is -2.07. The minimum Gasteiger partial charge on any atom is -0.379 e. The Kier molecular flexibility index (Phi) is 5.90. The van der Waals surface area contributed by atoms with Crippen molar-refractivity contribution in [2.45, 2.75) is 32.8 Å². The molecular formula is C9H16ClN3OS. The molecule has 0 radical (unpaired) electrons. The summed E-state index contributed by atoms with van der Waals surface area (Å²) < 4.78 is 13.3. The Morgan fingerprint density at radius 3 is 2.80 bits per heavy atom. The number of nitrogens with one attached hydrogen (secondary N) is 1. The first-order chi connectivity index (χ1) is 7.20. The van der Waals surface area contributed by atoms with Crippen LogP contribution in [0.25, 0.3) is 0 Å². The van der Waals surface area contributed by atoms with E-state index < -0.39 is 0 Å². The van der Waals surface area contributed by atoms with Crippen molar-refractivity contribution in [3.05, 3.63) is 5.15 Å². The first-order valence-electron chi connectivity index (χ1n) is 5.03. The molecule has 1 heterocycles. The molecule has 1 aromatic rings. The average Bonchev–Trinajstić information content (AvgIpc) is 2.57. The maximum atomic E-state index is 5.77. The highest BCUT2D eigenvalue weighted by atomic mass is 35.5. The van der Waals surface area contributed by atoms with Gasteiger partial charge in [0, 0.05) is 13.2 Å². The number of rotatable bonds is 7. The lowest BCUT2D eigenvalue weighted by Crippen LogP contribution is -2.07. The maximum absolute atomic E-state index is 5.77. The summed E-state index contributed by atoms with van der Waals surface area (Å²) in [5, 5.41) is 3.59. The van der Waals surface area contributed by atoms with Crippen LogP contribution in [0.1, 0.15) is 26.7 Å². The number of hydrogen-bond donors (Lipinski definition) is 1. The molecule has 1 N–H and O–H groups in total. The molecule has 1 aromatic heterocycles. The van der Waals surface area contributed by atoms with Gasteiger partial charge in [-0.2, -0.15) is 8.75 Å². The molecule has 86 valence electrons. The number of unbranched alkanes of at least 4 members (excludes halogenated alkanes) is 1. The second-order valence-electron chi connectivity index (χ2n) is 3.46. The Hall–Kier alpha value is -0.390. The predicted octanol–water partition coefficient (Wildman–Crippen LogP) is 2.81. The van der Waals surface area contributed by atoms with Gasteiger partial charge in [-0.05, 0) is 26.7 Å². The van der Waals surface area contributed by atoms with Crippen LogP contribution in [0.5, 0.6) is 0 Å². The fraction of sp³-hybridized carbons (Fsp3) is 0.778. The van der Waals surface area contributed by atoms with Crippen LogP contribution in [-0.2, 0) is 4.74 Å². The SMILES string of the molecule is CC(C)OCCCCNc1nsnc1Cl. The van der Waals surface area contributed by atoms with E-state index in [2.05, 4.69) is 14.1 Å². The van der Waals surface area contributed by atoms with Gasteiger partial charge in [0.2, 0.25) is 0 Å². The van der Waals surface area contributed by atoms with Gasteiger partial charge in [0.05, 0.1) is 17.8 Å². The predicted molar refractivity (Wildman–Crippen MR) is 63.7 cm³/mol. The van der Waals surface area contributed by atoms with E-state index in [1.807, 2.05) is 13.8 Å². The van der Waals surface area contributed by atoms with Gasteiger partial charge in [-0.1, -0.05) is 11.6 Å². The Morgan fingerprint density at radius 1 is 1.40 bits per heavy atom. The molecule has 0 aromatic carbocycles. The second-order valence-corrected chi connectivity index (χ2v) is 4.34. The van der Waals surface area contributed by atoms with Crippen molar-refractivity contribution in [2.24, 2.45) is 0 Å². The van der Waals surface area contributed by atoms with Crippen LogP contribution in [0.3, 0.4) is 0 Å². The normalized spacial score (nSPS) is 10.9. The summed E-state index contributed by atoms with van der Waals surface area (Å²) in [6.45, 7) is 5.74. The summed E-state index contributed by atoms with van der Waals surface area (Å²) in [6.07, 6.45) is 2.40. The van der Waals surface area contributed by atoms with Crippen LogP contribution in [0.15, 0.2) is 0 Å². The van der Waals surface area contributed by atoms with Crippen molar-refractivity contribution in [3.8, 4) is 0 Å². The molecule has 15 heavy (non-hydrogen) atoms. The third-order valence-electron chi connectivity index (χ3n) is 1.76. The summed E-state index contributed by atoms with van der Waals surface area (Å²) >= 11 is 6.89. The van der Waals surface area contributed by atoms with E-state index in [4.69, 9.17) is 16.3 Å². The number of aromatic nitrogens is 2. The van der Waals surface area contributed by atoms with E-state index in [1.165, 1.54) is 0 Å². The Morgan fingerprint density at radius 2 is 2.20 bits per heavy atom. The van der Waals surface area contributed by atoms with Crippen molar-refractivity contribution >= 4 is 29.1 Å². The molecule has 0 aliphatic heterocycles. The van der Waals surface area contributed by atoms with Crippen molar-refractivity contribution in [2.75, 3.05) is 18.5 Å². The number of hydrogen-bond acceptors (Lipinski definition) is 5. The summed E-state index contributed by atoms with van der Waals surface area (Å²) in [4.78, 5) is 0. The molecule has 0 bridgehead atoms. The molecule has 6 heteroatoms. The first-order valence-corrected chi connectivity index (χ1v) is 6.14. The Labute approximate surface area is 99.3 Å². The molecule has 0 aliphatic rings. The van der Waals surface area contributed by atoms with Crippen LogP contribution >= 0.6 is 23.3 Å². The van der Waals surface area contributed by atoms with Crippen molar-refractivity contribution in [3.63, 3.8) is 0 Å². The van der Waals surface area contributed by atoms with Crippen molar-refractivity contribution in [1.82, 2.24) is 8.75 Å². The van der Waals surface area contributed by atoms with Gasteiger partial charge in [-0.25, -0.2) is 0 Å². The van der Waals surface area contributed by atoms with Gasteiger partial charge in [0.25, 0.3) is 0 Å². The summed E-state index contributed by atoms with van der Waals surface area (Å²) in [5.74, 6) is 0.687. The molecule has 0 fully saturated rings. The van der Waals surface area contributed by atoms with Crippen molar-refractivity contribution in [1.29, 1.82) is 0 Å². The standard InChI is InChI=1S/C9H16ClN3OS/c1-7(2)14-6-4-3-5-11-9-8(10)12-15-13-9/h7H,3-6H2,1-2H3,(H,11,13). The van der Waals surface area contributed by atoms with E-state index >= 15 is 0 Å². The molecule has 0 amide bonds. The van der Waals surface area contributed by atoms with E-state index in [-0.39, 0.29) is 0 Å². The van der Waals surface area contributed by atoms with Gasteiger partial charge in [0.15, 0.2) is 11.0 Å². The topological polar surface area (TPSA) is 47.0 Å². The number of ether oxygens (including phenoxy) is 1. The summed E-state index contributed by atoms with van der Waals surface area (Å²) in [7, 11) is 0. The van der Waals surface area contributed by atoms with Gasteiger partial charge in [-0.3, -0.25) is 0 Å². The molecule has 1 rings (SSSR count). The van der Waals surface area contributed by atoms with E-state index in [0.717, 1.165) is 37.7 Å². The minimum atomic E-state index is 0.315. The first kappa shape index (κ1) is 12.7. The molecule has 0 aliphatic carbocycles. The van der Waals surface area contributed by atoms with Crippen LogP contribution in [0.4, 0.5) is 5.82 Å². The number of nitrogens with zero attached hydrogens (tertiary/aromatic N) is 2. The van der Waals surface area contributed by atoms with E-state index in [9.17, 15) is 0 Å². The fourth-order valence-corrected chi connectivity index (χ4v) is 1.72. The fourth-order valence-electron chi connectivity index (χ4n) is 1.04. The zero-order valence-corrected chi connectivity index (χ0v) is 10.6. The molecule has 4 nitrogen and oxygen atoms in total. The molecule has 0 saturated heterocycles. The molecule has 0 spiro atoms. The van der Waals surface area contributed by atoms with E-state index in [0.29, 0.717) is 17.1 Å². The second kappa shape index (κ2) is 6.98. The Balaban J connectivity index is 2.00. The Bertz CT molecular complexity index is 280. The molecule has 0 atom stereocenters. The molecule has 0 saturated carbocycles. The van der Waals surface area contributed by atoms with Gasteiger partial charge in [-0.15, -0.1) is 0 Å². The third kappa shape index (κ3) is 5.30. The average molecular weight is 250 g/mol. The highest BCUT2D eigenvalue weighted by molar-refractivity contribution is 6.99. The lowest BCUT2D eigenvalue weighted by molar-refractivity contribution is 0.0765. The maximum Gasteiger partial charge on any atom is 0.186 e.